The highest BCUT2D eigenvalue weighted by molar-refractivity contribution is 6.12. The van der Waals surface area contributed by atoms with E-state index in [-0.39, 0.29) is 43.5 Å². The first-order valence-electron chi connectivity index (χ1n) is 12.2. The Hall–Kier alpha value is -4.73. The molecule has 4 aromatic rings. The molecular weight excluding hydrogens is 488 g/mol. The molecule has 38 heavy (non-hydrogen) atoms. The van der Waals surface area contributed by atoms with Gasteiger partial charge in [-0.1, -0.05) is 48.5 Å². The van der Waals surface area contributed by atoms with Crippen LogP contribution in [-0.2, 0) is 36.9 Å². The maximum atomic E-state index is 13.8. The van der Waals surface area contributed by atoms with Crippen molar-refractivity contribution in [3.05, 3.63) is 77.6 Å². The first kappa shape index (κ1) is 24.9. The predicted octanol–water partition coefficient (Wildman–Crippen LogP) is 2.74. The number of esters is 2. The lowest BCUT2D eigenvalue weighted by atomic mass is 10.0. The minimum Gasteiger partial charge on any atom is -0.465 e. The lowest BCUT2D eigenvalue weighted by Crippen LogP contribution is -2.45. The Kier molecular flexibility index (Phi) is 6.78. The standard InChI is InChI=1S/C28H26N4O6/c1-3-38-23(34)14-29-27(35)26-24-25-19(13-20(30-24)28(36)37-2)18-11-7-8-12-21(18)31(25)16-22(33)32(26)15-17-9-5-4-6-10-17/h4-13,26H,3,14-16H2,1-2H3,(H,29,35). The van der Waals surface area contributed by atoms with Crippen LogP contribution < -0.4 is 5.32 Å². The second-order valence-corrected chi connectivity index (χ2v) is 8.82. The van der Waals surface area contributed by atoms with Crippen LogP contribution in [0.15, 0.2) is 60.7 Å². The molecule has 0 saturated heterocycles. The van der Waals surface area contributed by atoms with Gasteiger partial charge in [0.15, 0.2) is 6.04 Å². The van der Waals surface area contributed by atoms with Crippen molar-refractivity contribution < 1.29 is 28.7 Å². The molecule has 1 atom stereocenters. The molecule has 1 N–H and O–H groups in total. The van der Waals surface area contributed by atoms with Crippen LogP contribution in [0.25, 0.3) is 21.8 Å². The Morgan fingerprint density at radius 2 is 1.79 bits per heavy atom. The van der Waals surface area contributed by atoms with Crippen molar-refractivity contribution in [3.8, 4) is 0 Å². The number of para-hydroxylation sites is 1. The summed E-state index contributed by atoms with van der Waals surface area (Å²) in [7, 11) is 1.25. The number of nitrogens with zero attached hydrogens (tertiary/aromatic N) is 3. The third-order valence-corrected chi connectivity index (χ3v) is 6.51. The van der Waals surface area contributed by atoms with Crippen LogP contribution in [0.3, 0.4) is 0 Å². The van der Waals surface area contributed by atoms with E-state index in [1.807, 2.05) is 59.2 Å². The third kappa shape index (κ3) is 4.45. The maximum absolute atomic E-state index is 13.8. The van der Waals surface area contributed by atoms with Gasteiger partial charge in [-0.05, 0) is 24.6 Å². The second-order valence-electron chi connectivity index (χ2n) is 8.82. The van der Waals surface area contributed by atoms with Crippen molar-refractivity contribution >= 4 is 45.6 Å². The van der Waals surface area contributed by atoms with Crippen molar-refractivity contribution in [2.75, 3.05) is 20.3 Å². The van der Waals surface area contributed by atoms with E-state index in [0.29, 0.717) is 10.9 Å². The van der Waals surface area contributed by atoms with E-state index in [1.54, 1.807) is 13.0 Å². The molecule has 0 aliphatic carbocycles. The molecule has 5 rings (SSSR count). The molecular formula is C28H26N4O6. The Morgan fingerprint density at radius 3 is 2.53 bits per heavy atom. The fraction of sp³-hybridized carbons (Fsp3) is 0.250. The summed E-state index contributed by atoms with van der Waals surface area (Å²) in [6.07, 6.45) is 0. The molecule has 2 aromatic carbocycles. The first-order valence-corrected chi connectivity index (χ1v) is 12.2. The molecule has 2 aromatic heterocycles. The van der Waals surface area contributed by atoms with Gasteiger partial charge in [-0.15, -0.1) is 0 Å². The molecule has 1 aliphatic heterocycles. The number of carbonyl (C=O) groups excluding carboxylic acids is 4. The number of methoxy groups -OCH3 is 1. The Labute approximate surface area is 218 Å². The van der Waals surface area contributed by atoms with Crippen LogP contribution in [0.2, 0.25) is 0 Å². The van der Waals surface area contributed by atoms with Gasteiger partial charge < -0.3 is 24.3 Å². The number of benzene rings is 2. The van der Waals surface area contributed by atoms with E-state index in [2.05, 4.69) is 10.3 Å². The van der Waals surface area contributed by atoms with Crippen molar-refractivity contribution in [3.63, 3.8) is 0 Å². The fourth-order valence-corrected chi connectivity index (χ4v) is 4.88. The zero-order chi connectivity index (χ0) is 26.8. The van der Waals surface area contributed by atoms with E-state index in [9.17, 15) is 19.2 Å². The summed E-state index contributed by atoms with van der Waals surface area (Å²) in [5, 5.41) is 4.08. The zero-order valence-corrected chi connectivity index (χ0v) is 21.0. The van der Waals surface area contributed by atoms with Gasteiger partial charge in [-0.2, -0.15) is 0 Å². The minimum atomic E-state index is -1.23. The van der Waals surface area contributed by atoms with Gasteiger partial charge in [0, 0.05) is 22.8 Å². The van der Waals surface area contributed by atoms with Crippen molar-refractivity contribution in [2.45, 2.75) is 26.1 Å². The summed E-state index contributed by atoms with van der Waals surface area (Å²) in [4.78, 5) is 58.2. The Balaban J connectivity index is 1.73. The third-order valence-electron chi connectivity index (χ3n) is 6.51. The SMILES string of the molecule is CCOC(=O)CNC(=O)C1c2nc(C(=O)OC)cc3c4ccccc4n(c23)CC(=O)N1Cc1ccccc1. The molecule has 0 radical (unpaired) electrons. The number of fused-ring (bicyclic) bond motifs is 3. The number of hydrogen-bond donors (Lipinski definition) is 1. The van der Waals surface area contributed by atoms with Crippen molar-refractivity contribution in [2.24, 2.45) is 0 Å². The van der Waals surface area contributed by atoms with Gasteiger partial charge >= 0.3 is 11.9 Å². The molecule has 10 nitrogen and oxygen atoms in total. The average Bonchev–Trinajstić information content (AvgIpc) is 3.18. The van der Waals surface area contributed by atoms with Gasteiger partial charge in [0.2, 0.25) is 11.8 Å². The summed E-state index contributed by atoms with van der Waals surface area (Å²) in [5.74, 6) is -2.20. The number of ether oxygens (including phenoxy) is 2. The van der Waals surface area contributed by atoms with Crippen molar-refractivity contribution in [1.82, 2.24) is 19.8 Å². The highest BCUT2D eigenvalue weighted by atomic mass is 16.5. The lowest BCUT2D eigenvalue weighted by molar-refractivity contribution is -0.145. The number of amides is 2. The van der Waals surface area contributed by atoms with E-state index in [1.165, 1.54) is 12.0 Å². The number of pyridine rings is 1. The molecule has 3 heterocycles. The number of carbonyl (C=O) groups is 4. The van der Waals surface area contributed by atoms with Crippen LogP contribution >= 0.6 is 0 Å². The topological polar surface area (TPSA) is 120 Å². The quantitative estimate of drug-likeness (QED) is 0.377. The fourth-order valence-electron chi connectivity index (χ4n) is 4.88. The molecule has 194 valence electrons. The molecule has 0 saturated carbocycles. The molecule has 1 aliphatic rings. The molecule has 0 fully saturated rings. The van der Waals surface area contributed by atoms with Gasteiger partial charge in [0.25, 0.3) is 0 Å². The summed E-state index contributed by atoms with van der Waals surface area (Å²) in [5.41, 5.74) is 2.38. The average molecular weight is 515 g/mol. The normalized spacial score (nSPS) is 14.8. The van der Waals surface area contributed by atoms with Crippen LogP contribution in [0.4, 0.5) is 0 Å². The van der Waals surface area contributed by atoms with Crippen LogP contribution in [0, 0.1) is 0 Å². The van der Waals surface area contributed by atoms with Crippen LogP contribution in [-0.4, -0.2) is 58.5 Å². The minimum absolute atomic E-state index is 0.00936. The zero-order valence-electron chi connectivity index (χ0n) is 21.0. The highest BCUT2D eigenvalue weighted by Crippen LogP contribution is 2.38. The molecule has 0 bridgehead atoms. The number of hydrogen-bond acceptors (Lipinski definition) is 7. The predicted molar refractivity (Wildman–Crippen MR) is 138 cm³/mol. The lowest BCUT2D eigenvalue weighted by Gasteiger charge is -2.29. The molecule has 10 heteroatoms. The van der Waals surface area contributed by atoms with E-state index < -0.39 is 23.9 Å². The molecule has 1 unspecified atom stereocenters. The Bertz CT molecular complexity index is 1560. The number of nitrogens with one attached hydrogen (secondary N) is 1. The van der Waals surface area contributed by atoms with E-state index >= 15 is 0 Å². The number of rotatable bonds is 7. The summed E-state index contributed by atoms with van der Waals surface area (Å²) in [6.45, 7) is 1.54. The van der Waals surface area contributed by atoms with Gasteiger partial charge in [-0.3, -0.25) is 14.4 Å². The van der Waals surface area contributed by atoms with Gasteiger partial charge in [0.1, 0.15) is 18.8 Å². The van der Waals surface area contributed by atoms with Gasteiger partial charge in [-0.25, -0.2) is 9.78 Å². The first-order chi connectivity index (χ1) is 18.4. The van der Waals surface area contributed by atoms with Crippen molar-refractivity contribution in [1.29, 1.82) is 0 Å². The summed E-state index contributed by atoms with van der Waals surface area (Å²) in [6, 6.07) is 17.2. The van der Waals surface area contributed by atoms with Crippen LogP contribution in [0.5, 0.6) is 0 Å². The van der Waals surface area contributed by atoms with Crippen LogP contribution in [0.1, 0.15) is 34.7 Å². The summed E-state index contributed by atoms with van der Waals surface area (Å²) >= 11 is 0. The molecule has 2 amide bonds. The highest BCUT2D eigenvalue weighted by Gasteiger charge is 2.39. The number of aromatic nitrogens is 2. The second kappa shape index (κ2) is 10.3. The van der Waals surface area contributed by atoms with Gasteiger partial charge in [0.05, 0.1) is 24.9 Å². The monoisotopic (exact) mass is 514 g/mol. The smallest absolute Gasteiger partial charge is 0.356 e. The van der Waals surface area contributed by atoms with E-state index in [4.69, 9.17) is 9.47 Å². The maximum Gasteiger partial charge on any atom is 0.356 e. The Morgan fingerprint density at radius 1 is 1.05 bits per heavy atom. The van der Waals surface area contributed by atoms with E-state index in [0.717, 1.165) is 16.5 Å². The summed E-state index contributed by atoms with van der Waals surface area (Å²) < 4.78 is 11.7. The largest absolute Gasteiger partial charge is 0.465 e. The molecule has 0 spiro atoms.